The maximum Gasteiger partial charge on any atom is 0.255 e. The van der Waals surface area contributed by atoms with Crippen LogP contribution in [0.2, 0.25) is 0 Å². The van der Waals surface area contributed by atoms with E-state index in [0.717, 1.165) is 51.9 Å². The number of hydrogen-bond acceptors (Lipinski definition) is 4. The zero-order valence-electron chi connectivity index (χ0n) is 20.2. The minimum Gasteiger partial charge on any atom is -0.497 e. The van der Waals surface area contributed by atoms with E-state index in [1.54, 1.807) is 12.0 Å². The van der Waals surface area contributed by atoms with Crippen molar-refractivity contribution in [2.75, 3.05) is 20.2 Å². The van der Waals surface area contributed by atoms with Crippen molar-refractivity contribution < 1.29 is 14.3 Å². The van der Waals surface area contributed by atoms with Crippen LogP contribution in [0.5, 0.6) is 5.75 Å². The maximum absolute atomic E-state index is 13.8. The number of rotatable bonds is 7. The van der Waals surface area contributed by atoms with Gasteiger partial charge in [0.1, 0.15) is 5.75 Å². The van der Waals surface area contributed by atoms with Crippen molar-refractivity contribution in [1.29, 1.82) is 0 Å². The highest BCUT2D eigenvalue weighted by Gasteiger charge is 2.29. The van der Waals surface area contributed by atoms with Gasteiger partial charge in [-0.15, -0.1) is 0 Å². The smallest absolute Gasteiger partial charge is 0.255 e. The number of pyridine rings is 1. The van der Waals surface area contributed by atoms with Crippen LogP contribution in [0.15, 0.2) is 48.5 Å². The van der Waals surface area contributed by atoms with E-state index in [2.05, 4.69) is 11.4 Å². The van der Waals surface area contributed by atoms with Crippen LogP contribution in [-0.4, -0.2) is 47.9 Å². The number of amides is 2. The van der Waals surface area contributed by atoms with Gasteiger partial charge in [-0.05, 0) is 74.6 Å². The first-order chi connectivity index (χ1) is 16.4. The third-order valence-corrected chi connectivity index (χ3v) is 6.07. The first kappa shape index (κ1) is 23.5. The van der Waals surface area contributed by atoms with Crippen LogP contribution < -0.4 is 10.1 Å². The number of carbonyl (C=O) groups excluding carboxylic acids is 2. The number of methoxy groups -OCH3 is 1. The van der Waals surface area contributed by atoms with Gasteiger partial charge in [0, 0.05) is 18.0 Å². The molecule has 0 fully saturated rings. The lowest BCUT2D eigenvalue weighted by molar-refractivity contribution is -0.122. The number of allylic oxidation sites excluding steroid dienone is 1. The highest BCUT2D eigenvalue weighted by molar-refractivity contribution is 6.10. The second-order valence-corrected chi connectivity index (χ2v) is 8.82. The van der Waals surface area contributed by atoms with E-state index < -0.39 is 0 Å². The molecule has 1 aliphatic rings. The Labute approximate surface area is 200 Å². The first-order valence-electron chi connectivity index (χ1n) is 11.8. The molecule has 176 valence electrons. The molecule has 6 nitrogen and oxygen atoms in total. The minimum atomic E-state index is -0.153. The standard InChI is InChI=1S/C28H31N3O3/c1-5-31(17-25(32)29-18(2)3)28(33)26-22-8-6-7-9-24(22)30-27-20(12-15-23(26)27)16-19-10-13-21(34-4)14-11-19/h6-11,13-14,16,18H,5,12,15,17H2,1-4H3,(H,29,32)/b20-16-. The lowest BCUT2D eigenvalue weighted by Gasteiger charge is -2.23. The zero-order chi connectivity index (χ0) is 24.2. The molecule has 0 aliphatic heterocycles. The molecule has 0 unspecified atom stereocenters. The molecule has 0 radical (unpaired) electrons. The topological polar surface area (TPSA) is 71.5 Å². The van der Waals surface area contributed by atoms with E-state index in [-0.39, 0.29) is 24.4 Å². The highest BCUT2D eigenvalue weighted by Crippen LogP contribution is 2.38. The lowest BCUT2D eigenvalue weighted by Crippen LogP contribution is -2.43. The Morgan fingerprint density at radius 2 is 1.85 bits per heavy atom. The molecule has 1 N–H and O–H groups in total. The van der Waals surface area contributed by atoms with Crippen molar-refractivity contribution in [2.24, 2.45) is 0 Å². The van der Waals surface area contributed by atoms with Gasteiger partial charge >= 0.3 is 0 Å². The van der Waals surface area contributed by atoms with Crippen molar-refractivity contribution in [3.05, 3.63) is 70.9 Å². The van der Waals surface area contributed by atoms with Crippen LogP contribution in [0.3, 0.4) is 0 Å². The second-order valence-electron chi connectivity index (χ2n) is 8.82. The van der Waals surface area contributed by atoms with Gasteiger partial charge in [0.2, 0.25) is 5.91 Å². The van der Waals surface area contributed by atoms with Gasteiger partial charge in [-0.3, -0.25) is 9.59 Å². The van der Waals surface area contributed by atoms with Gasteiger partial charge in [0.05, 0.1) is 30.4 Å². The number of nitrogens with one attached hydrogen (secondary N) is 1. The van der Waals surface area contributed by atoms with Gasteiger partial charge in [-0.25, -0.2) is 4.98 Å². The molecule has 0 saturated heterocycles. The molecule has 34 heavy (non-hydrogen) atoms. The molecule has 0 spiro atoms. The summed E-state index contributed by atoms with van der Waals surface area (Å²) >= 11 is 0. The SMILES string of the molecule is CCN(CC(=O)NC(C)C)C(=O)c1c2c(nc3ccccc13)/C(=C\c1ccc(OC)cc1)CC2. The fourth-order valence-electron chi connectivity index (χ4n) is 4.45. The monoisotopic (exact) mass is 457 g/mol. The molecule has 3 aromatic rings. The molecule has 6 heteroatoms. The summed E-state index contributed by atoms with van der Waals surface area (Å²) in [7, 11) is 1.65. The number of nitrogens with zero attached hydrogens (tertiary/aromatic N) is 2. The molecule has 4 rings (SSSR count). The van der Waals surface area contributed by atoms with Crippen molar-refractivity contribution in [3.63, 3.8) is 0 Å². The summed E-state index contributed by atoms with van der Waals surface area (Å²) in [6.07, 6.45) is 3.69. The van der Waals surface area contributed by atoms with Gasteiger partial charge in [-0.1, -0.05) is 30.3 Å². The summed E-state index contributed by atoms with van der Waals surface area (Å²) in [6, 6.07) is 15.7. The summed E-state index contributed by atoms with van der Waals surface area (Å²) in [5.74, 6) is 0.536. The first-order valence-corrected chi connectivity index (χ1v) is 11.8. The van der Waals surface area contributed by atoms with E-state index in [1.807, 2.05) is 69.3 Å². The Hall–Kier alpha value is -3.67. The van der Waals surface area contributed by atoms with Crippen molar-refractivity contribution in [2.45, 2.75) is 39.7 Å². The van der Waals surface area contributed by atoms with Crippen LogP contribution >= 0.6 is 0 Å². The Bertz CT molecular complexity index is 1250. The number of carbonyl (C=O) groups is 2. The van der Waals surface area contributed by atoms with Crippen LogP contribution in [0, 0.1) is 0 Å². The summed E-state index contributed by atoms with van der Waals surface area (Å²) in [5.41, 5.74) is 5.46. The molecule has 2 amide bonds. The van der Waals surface area contributed by atoms with Crippen LogP contribution in [0.25, 0.3) is 22.6 Å². The largest absolute Gasteiger partial charge is 0.497 e. The van der Waals surface area contributed by atoms with E-state index >= 15 is 0 Å². The predicted octanol–water partition coefficient (Wildman–Crippen LogP) is 4.72. The normalized spacial score (nSPS) is 13.9. The quantitative estimate of drug-likeness (QED) is 0.557. The third-order valence-electron chi connectivity index (χ3n) is 6.07. The Morgan fingerprint density at radius 3 is 2.53 bits per heavy atom. The van der Waals surface area contributed by atoms with Crippen molar-refractivity contribution in [3.8, 4) is 5.75 Å². The van der Waals surface area contributed by atoms with Crippen LogP contribution in [0.1, 0.15) is 54.4 Å². The lowest BCUT2D eigenvalue weighted by atomic mass is 9.99. The fourth-order valence-corrected chi connectivity index (χ4v) is 4.45. The molecule has 1 aromatic heterocycles. The van der Waals surface area contributed by atoms with Gasteiger partial charge in [0.15, 0.2) is 0 Å². The number of para-hydroxylation sites is 1. The Kier molecular flexibility index (Phi) is 6.96. The summed E-state index contributed by atoms with van der Waals surface area (Å²) in [5, 5.41) is 3.72. The van der Waals surface area contributed by atoms with E-state index in [9.17, 15) is 9.59 Å². The predicted molar refractivity (Wildman–Crippen MR) is 136 cm³/mol. The minimum absolute atomic E-state index is 0.0259. The third kappa shape index (κ3) is 4.81. The van der Waals surface area contributed by atoms with E-state index in [4.69, 9.17) is 9.72 Å². The number of fused-ring (bicyclic) bond motifs is 2. The Balaban J connectivity index is 1.76. The van der Waals surface area contributed by atoms with Gasteiger partial charge < -0.3 is 15.0 Å². The molecule has 0 saturated carbocycles. The fraction of sp³-hybridized carbons (Fsp3) is 0.321. The molecule has 1 aliphatic carbocycles. The van der Waals surface area contributed by atoms with Gasteiger partial charge in [0.25, 0.3) is 5.91 Å². The van der Waals surface area contributed by atoms with Crippen LogP contribution in [0.4, 0.5) is 0 Å². The molecule has 2 aromatic carbocycles. The molecule has 0 bridgehead atoms. The zero-order valence-corrected chi connectivity index (χ0v) is 20.2. The number of hydrogen-bond donors (Lipinski definition) is 1. The average Bonchev–Trinajstić information content (AvgIpc) is 3.22. The number of ether oxygens (including phenoxy) is 1. The summed E-state index contributed by atoms with van der Waals surface area (Å²) in [4.78, 5) is 32.8. The van der Waals surface area contributed by atoms with Crippen molar-refractivity contribution >= 4 is 34.4 Å². The van der Waals surface area contributed by atoms with E-state index in [0.29, 0.717) is 12.1 Å². The summed E-state index contributed by atoms with van der Waals surface area (Å²) in [6.45, 7) is 6.21. The van der Waals surface area contributed by atoms with E-state index in [1.165, 1.54) is 0 Å². The Morgan fingerprint density at radius 1 is 1.12 bits per heavy atom. The molecular formula is C28H31N3O3. The number of likely N-dealkylation sites (N-methyl/N-ethyl adjacent to an activating group) is 1. The molecule has 0 atom stereocenters. The second kappa shape index (κ2) is 10.1. The van der Waals surface area contributed by atoms with Crippen molar-refractivity contribution in [1.82, 2.24) is 15.2 Å². The maximum atomic E-state index is 13.8. The summed E-state index contributed by atoms with van der Waals surface area (Å²) < 4.78 is 5.26. The van der Waals surface area contributed by atoms with Crippen LogP contribution in [-0.2, 0) is 11.2 Å². The van der Waals surface area contributed by atoms with Gasteiger partial charge in [-0.2, -0.15) is 0 Å². The average molecular weight is 458 g/mol. The molecular weight excluding hydrogens is 426 g/mol. The highest BCUT2D eigenvalue weighted by atomic mass is 16.5. The number of aromatic nitrogens is 1. The molecule has 1 heterocycles. The number of benzene rings is 2.